The lowest BCUT2D eigenvalue weighted by molar-refractivity contribution is 0.436. The number of ether oxygens (including phenoxy) is 1. The fourth-order valence-electron chi connectivity index (χ4n) is 10.5. The van der Waals surface area contributed by atoms with Crippen molar-refractivity contribution in [2.75, 3.05) is 4.90 Å². The standard InChI is InChI=1S/C59H37NO2/c1-2-13-38(14-3-1)39-25-30-42(31-26-39)60(43-32-27-41(28-33-43)46-18-12-24-56-58(46)47-17-6-9-21-53(47)61-56)44-34-36-49-48(37-44)57-45-16-5-4-15-40(45)29-35-52(57)59(49)50-19-7-10-22-54(50)62-55-23-11-8-20-51(55)59/h1-37H. The quantitative estimate of drug-likeness (QED) is 0.174. The Hall–Kier alpha value is -8.14. The largest absolute Gasteiger partial charge is 0.457 e. The lowest BCUT2D eigenvalue weighted by Gasteiger charge is -2.39. The molecule has 62 heavy (non-hydrogen) atoms. The highest BCUT2D eigenvalue weighted by atomic mass is 16.5. The Morgan fingerprint density at radius 1 is 0.355 bits per heavy atom. The van der Waals surface area contributed by atoms with Crippen molar-refractivity contribution in [3.05, 3.63) is 247 Å². The van der Waals surface area contributed by atoms with Crippen LogP contribution in [0.3, 0.4) is 0 Å². The normalized spacial score (nSPS) is 13.1. The number of para-hydroxylation sites is 3. The van der Waals surface area contributed by atoms with Crippen molar-refractivity contribution in [1.82, 2.24) is 0 Å². The van der Waals surface area contributed by atoms with Crippen LogP contribution in [0.1, 0.15) is 22.3 Å². The predicted octanol–water partition coefficient (Wildman–Crippen LogP) is 16.0. The average molecular weight is 792 g/mol. The number of rotatable bonds is 5. The molecule has 2 aliphatic rings. The fourth-order valence-corrected chi connectivity index (χ4v) is 10.5. The van der Waals surface area contributed by atoms with Crippen molar-refractivity contribution in [2.24, 2.45) is 0 Å². The molecule has 290 valence electrons. The van der Waals surface area contributed by atoms with E-state index >= 15 is 0 Å². The molecule has 3 nitrogen and oxygen atoms in total. The Bertz CT molecular complexity index is 3500. The van der Waals surface area contributed by atoms with Crippen molar-refractivity contribution < 1.29 is 9.15 Å². The highest BCUT2D eigenvalue weighted by molar-refractivity contribution is 6.12. The van der Waals surface area contributed by atoms with Gasteiger partial charge >= 0.3 is 0 Å². The Balaban J connectivity index is 1.03. The molecule has 0 amide bonds. The van der Waals surface area contributed by atoms with Gasteiger partial charge in [-0.15, -0.1) is 0 Å². The van der Waals surface area contributed by atoms with Crippen LogP contribution in [0.25, 0.3) is 66.1 Å². The minimum absolute atomic E-state index is 0.569. The van der Waals surface area contributed by atoms with Gasteiger partial charge in [-0.3, -0.25) is 0 Å². The van der Waals surface area contributed by atoms with Gasteiger partial charge < -0.3 is 14.1 Å². The minimum atomic E-state index is -0.569. The molecular weight excluding hydrogens is 755 g/mol. The van der Waals surface area contributed by atoms with Gasteiger partial charge in [-0.2, -0.15) is 0 Å². The molecule has 3 heteroatoms. The van der Waals surface area contributed by atoms with E-state index in [9.17, 15) is 0 Å². The molecule has 2 heterocycles. The van der Waals surface area contributed by atoms with Crippen molar-refractivity contribution in [1.29, 1.82) is 0 Å². The molecule has 1 aliphatic carbocycles. The Kier molecular flexibility index (Phi) is 7.52. The summed E-state index contributed by atoms with van der Waals surface area (Å²) in [7, 11) is 0. The van der Waals surface area contributed by atoms with E-state index in [1.54, 1.807) is 0 Å². The van der Waals surface area contributed by atoms with Crippen molar-refractivity contribution in [2.45, 2.75) is 5.41 Å². The van der Waals surface area contributed by atoms with Gasteiger partial charge in [0.1, 0.15) is 22.7 Å². The second-order valence-electron chi connectivity index (χ2n) is 16.4. The molecule has 1 aromatic heterocycles. The highest BCUT2D eigenvalue weighted by Crippen LogP contribution is 2.63. The minimum Gasteiger partial charge on any atom is -0.457 e. The molecule has 11 aromatic rings. The zero-order chi connectivity index (χ0) is 40.8. The van der Waals surface area contributed by atoms with Crippen molar-refractivity contribution in [3.63, 3.8) is 0 Å². The topological polar surface area (TPSA) is 25.6 Å². The molecule has 0 saturated heterocycles. The van der Waals surface area contributed by atoms with E-state index in [0.717, 1.165) is 72.8 Å². The third-order valence-electron chi connectivity index (χ3n) is 13.1. The van der Waals surface area contributed by atoms with E-state index in [4.69, 9.17) is 9.15 Å². The summed E-state index contributed by atoms with van der Waals surface area (Å²) in [5.74, 6) is 1.78. The summed E-state index contributed by atoms with van der Waals surface area (Å²) in [6.45, 7) is 0. The number of anilines is 3. The summed E-state index contributed by atoms with van der Waals surface area (Å²) < 4.78 is 13.0. The molecular formula is C59H37NO2. The summed E-state index contributed by atoms with van der Waals surface area (Å²) in [4.78, 5) is 2.40. The van der Waals surface area contributed by atoms with E-state index in [1.807, 2.05) is 12.1 Å². The Morgan fingerprint density at radius 2 is 0.935 bits per heavy atom. The van der Waals surface area contributed by atoms with Gasteiger partial charge in [-0.1, -0.05) is 164 Å². The van der Waals surface area contributed by atoms with Crippen LogP contribution in [-0.2, 0) is 5.41 Å². The molecule has 0 unspecified atom stereocenters. The fraction of sp³-hybridized carbons (Fsp3) is 0.0169. The molecule has 0 bridgehead atoms. The Morgan fingerprint density at radius 3 is 1.69 bits per heavy atom. The number of benzene rings is 10. The van der Waals surface area contributed by atoms with Crippen LogP contribution in [0, 0.1) is 0 Å². The first-order valence-electron chi connectivity index (χ1n) is 21.2. The second kappa shape index (κ2) is 13.4. The molecule has 1 aliphatic heterocycles. The van der Waals surface area contributed by atoms with Gasteiger partial charge in [0.15, 0.2) is 0 Å². The van der Waals surface area contributed by atoms with Gasteiger partial charge in [0, 0.05) is 39.0 Å². The molecule has 1 spiro atoms. The summed E-state index contributed by atoms with van der Waals surface area (Å²) in [5.41, 5.74) is 16.4. The maximum Gasteiger partial charge on any atom is 0.136 e. The molecule has 0 N–H and O–H groups in total. The van der Waals surface area contributed by atoms with Crippen molar-refractivity contribution in [3.8, 4) is 44.9 Å². The van der Waals surface area contributed by atoms with Crippen LogP contribution in [-0.4, -0.2) is 0 Å². The van der Waals surface area contributed by atoms with E-state index in [0.29, 0.717) is 0 Å². The molecule has 10 aromatic carbocycles. The van der Waals surface area contributed by atoms with Crippen LogP contribution in [0.2, 0.25) is 0 Å². The van der Waals surface area contributed by atoms with Crippen LogP contribution >= 0.6 is 0 Å². The molecule has 0 fully saturated rings. The smallest absolute Gasteiger partial charge is 0.136 e. The van der Waals surface area contributed by atoms with Crippen LogP contribution in [0.5, 0.6) is 11.5 Å². The van der Waals surface area contributed by atoms with Gasteiger partial charge in [0.25, 0.3) is 0 Å². The lowest BCUT2D eigenvalue weighted by atomic mass is 9.66. The predicted molar refractivity (Wildman–Crippen MR) is 254 cm³/mol. The molecule has 13 rings (SSSR count). The monoisotopic (exact) mass is 791 g/mol. The third kappa shape index (κ3) is 5.00. The molecule has 0 saturated carbocycles. The average Bonchev–Trinajstić information content (AvgIpc) is 3.87. The summed E-state index contributed by atoms with van der Waals surface area (Å²) in [6, 6.07) is 80.9. The molecule has 0 radical (unpaired) electrons. The zero-order valence-electron chi connectivity index (χ0n) is 33.6. The van der Waals surface area contributed by atoms with Gasteiger partial charge in [0.2, 0.25) is 0 Å². The van der Waals surface area contributed by atoms with Crippen LogP contribution in [0.4, 0.5) is 17.1 Å². The first-order chi connectivity index (χ1) is 30.7. The number of hydrogen-bond acceptors (Lipinski definition) is 3. The third-order valence-corrected chi connectivity index (χ3v) is 13.1. The van der Waals surface area contributed by atoms with Crippen LogP contribution < -0.4 is 9.64 Å². The van der Waals surface area contributed by atoms with Crippen molar-refractivity contribution >= 4 is 49.8 Å². The van der Waals surface area contributed by atoms with Gasteiger partial charge in [0.05, 0.1) is 5.41 Å². The first kappa shape index (κ1) is 34.7. The van der Waals surface area contributed by atoms with Gasteiger partial charge in [-0.05, 0) is 116 Å². The summed E-state index contributed by atoms with van der Waals surface area (Å²) in [5, 5.41) is 4.73. The van der Waals surface area contributed by atoms with E-state index < -0.39 is 5.41 Å². The number of fused-ring (bicyclic) bond motifs is 14. The first-order valence-corrected chi connectivity index (χ1v) is 21.2. The number of furan rings is 1. The Labute approximate surface area is 359 Å². The summed E-state index contributed by atoms with van der Waals surface area (Å²) in [6.07, 6.45) is 0. The summed E-state index contributed by atoms with van der Waals surface area (Å²) >= 11 is 0. The number of hydrogen-bond donors (Lipinski definition) is 0. The molecule has 0 atom stereocenters. The maximum absolute atomic E-state index is 6.67. The van der Waals surface area contributed by atoms with E-state index in [1.165, 1.54) is 44.2 Å². The zero-order valence-corrected chi connectivity index (χ0v) is 33.6. The lowest BCUT2D eigenvalue weighted by Crippen LogP contribution is -2.32. The SMILES string of the molecule is c1ccc(-c2ccc(N(c3ccc(-c4cccc5oc6ccccc6c45)cc3)c3ccc4c(c3)-c3c(ccc5ccccc35)C43c4ccccc4Oc4ccccc43)cc2)cc1. The van der Waals surface area contributed by atoms with Crippen LogP contribution in [0.15, 0.2) is 229 Å². The number of nitrogens with zero attached hydrogens (tertiary/aromatic N) is 1. The van der Waals surface area contributed by atoms with Gasteiger partial charge in [-0.25, -0.2) is 0 Å². The maximum atomic E-state index is 6.67. The highest BCUT2D eigenvalue weighted by Gasteiger charge is 2.51. The second-order valence-corrected chi connectivity index (χ2v) is 16.4. The van der Waals surface area contributed by atoms with E-state index in [-0.39, 0.29) is 0 Å². The van der Waals surface area contributed by atoms with E-state index in [2.05, 4.69) is 217 Å².